The zero-order valence-electron chi connectivity index (χ0n) is 14.1. The maximum Gasteiger partial charge on any atom is 0.163 e. The van der Waals surface area contributed by atoms with Crippen molar-refractivity contribution in [3.63, 3.8) is 0 Å². The number of hydrogen-bond acceptors (Lipinski definition) is 4. The van der Waals surface area contributed by atoms with Gasteiger partial charge in [-0.05, 0) is 44.7 Å². The third-order valence-electron chi connectivity index (χ3n) is 5.81. The molecular formula is C19H25N3O2. The molecule has 1 aromatic heterocycles. The van der Waals surface area contributed by atoms with Gasteiger partial charge in [-0.15, -0.1) is 0 Å². The molecule has 0 spiro atoms. The molecule has 2 aromatic rings. The molecule has 24 heavy (non-hydrogen) atoms. The molecule has 5 rings (SSSR count). The van der Waals surface area contributed by atoms with Gasteiger partial charge in [0.1, 0.15) is 19.0 Å². The van der Waals surface area contributed by atoms with E-state index in [0.717, 1.165) is 42.6 Å². The van der Waals surface area contributed by atoms with E-state index in [9.17, 15) is 0 Å². The standard InChI is InChI=1S/C19H25N3O2/c1-2-14(3-1)19-21-15-10-17-18(24-9-8-23-17)11-16(15)22(19)12-13-4-6-20-7-5-13/h10-11,13-14,20H,1-9,12H2. The number of piperidine rings is 1. The number of benzene rings is 1. The van der Waals surface area contributed by atoms with Gasteiger partial charge in [0.15, 0.2) is 11.5 Å². The molecular weight excluding hydrogens is 302 g/mol. The first-order valence-electron chi connectivity index (χ1n) is 9.39. The summed E-state index contributed by atoms with van der Waals surface area (Å²) in [6, 6.07) is 4.23. The minimum absolute atomic E-state index is 0.629. The van der Waals surface area contributed by atoms with Crippen LogP contribution in [0.3, 0.4) is 0 Å². The van der Waals surface area contributed by atoms with Crippen LogP contribution < -0.4 is 14.8 Å². The van der Waals surface area contributed by atoms with Gasteiger partial charge in [-0.1, -0.05) is 6.42 Å². The number of imidazole rings is 1. The lowest BCUT2D eigenvalue weighted by atomic mass is 9.84. The zero-order valence-corrected chi connectivity index (χ0v) is 14.1. The Hall–Kier alpha value is -1.75. The van der Waals surface area contributed by atoms with E-state index in [4.69, 9.17) is 14.5 Å². The Labute approximate surface area is 142 Å². The second kappa shape index (κ2) is 5.96. The van der Waals surface area contributed by atoms with Crippen molar-refractivity contribution in [2.45, 2.75) is 44.6 Å². The highest BCUT2D eigenvalue weighted by atomic mass is 16.6. The number of rotatable bonds is 3. The number of nitrogens with zero attached hydrogens (tertiary/aromatic N) is 2. The van der Waals surface area contributed by atoms with Crippen LogP contribution in [0, 0.1) is 5.92 Å². The van der Waals surface area contributed by atoms with Crippen LogP contribution in [-0.2, 0) is 6.54 Å². The summed E-state index contributed by atoms with van der Waals surface area (Å²) in [5, 5.41) is 3.47. The molecule has 0 unspecified atom stereocenters. The van der Waals surface area contributed by atoms with Gasteiger partial charge in [0.2, 0.25) is 0 Å². The van der Waals surface area contributed by atoms with Gasteiger partial charge in [-0.2, -0.15) is 0 Å². The van der Waals surface area contributed by atoms with E-state index in [2.05, 4.69) is 22.0 Å². The monoisotopic (exact) mass is 327 g/mol. The van der Waals surface area contributed by atoms with Gasteiger partial charge in [0.25, 0.3) is 0 Å². The minimum Gasteiger partial charge on any atom is -0.486 e. The lowest BCUT2D eigenvalue weighted by Gasteiger charge is -2.29. The van der Waals surface area contributed by atoms with Gasteiger partial charge in [-0.3, -0.25) is 0 Å². The Balaban J connectivity index is 1.57. The third-order valence-corrected chi connectivity index (χ3v) is 5.81. The number of nitrogens with one attached hydrogen (secondary N) is 1. The molecule has 5 nitrogen and oxygen atoms in total. The van der Waals surface area contributed by atoms with Crippen molar-refractivity contribution in [3.05, 3.63) is 18.0 Å². The van der Waals surface area contributed by atoms with Gasteiger partial charge < -0.3 is 19.4 Å². The van der Waals surface area contributed by atoms with Crippen LogP contribution in [0.25, 0.3) is 11.0 Å². The summed E-state index contributed by atoms with van der Waals surface area (Å²) in [5.74, 6) is 4.39. The SMILES string of the molecule is c1c2c(cc3c1nc(C1CCC1)n3CC1CCNCC1)OCCO2. The summed E-state index contributed by atoms with van der Waals surface area (Å²) < 4.78 is 14.1. The molecule has 0 amide bonds. The van der Waals surface area contributed by atoms with Crippen LogP contribution in [0.1, 0.15) is 43.8 Å². The molecule has 1 N–H and O–H groups in total. The number of hydrogen-bond donors (Lipinski definition) is 1. The second-order valence-electron chi connectivity index (χ2n) is 7.39. The Morgan fingerprint density at radius 2 is 1.79 bits per heavy atom. The number of fused-ring (bicyclic) bond motifs is 2. The first-order chi connectivity index (χ1) is 11.9. The normalized spacial score (nSPS) is 21.8. The first-order valence-corrected chi connectivity index (χ1v) is 9.39. The fourth-order valence-electron chi connectivity index (χ4n) is 4.17. The van der Waals surface area contributed by atoms with Crippen molar-refractivity contribution in [1.82, 2.24) is 14.9 Å². The highest BCUT2D eigenvalue weighted by Crippen LogP contribution is 2.40. The zero-order chi connectivity index (χ0) is 15.9. The molecule has 1 saturated heterocycles. The van der Waals surface area contributed by atoms with Gasteiger partial charge in [-0.25, -0.2) is 4.98 Å². The van der Waals surface area contributed by atoms with Crippen molar-refractivity contribution in [3.8, 4) is 11.5 Å². The third kappa shape index (κ3) is 2.46. The van der Waals surface area contributed by atoms with Crippen molar-refractivity contribution in [2.24, 2.45) is 5.92 Å². The quantitative estimate of drug-likeness (QED) is 0.941. The number of ether oxygens (including phenoxy) is 2. The summed E-state index contributed by atoms with van der Waals surface area (Å²) >= 11 is 0. The van der Waals surface area contributed by atoms with Crippen LogP contribution in [0.5, 0.6) is 11.5 Å². The lowest BCUT2D eigenvalue weighted by molar-refractivity contribution is 0.172. The van der Waals surface area contributed by atoms with Crippen LogP contribution in [0.4, 0.5) is 0 Å². The van der Waals surface area contributed by atoms with Crippen LogP contribution >= 0.6 is 0 Å². The average molecular weight is 327 g/mol. The minimum atomic E-state index is 0.629. The molecule has 3 aliphatic rings. The van der Waals surface area contributed by atoms with Crippen molar-refractivity contribution in [1.29, 1.82) is 0 Å². The predicted octanol–water partition coefficient (Wildman–Crippen LogP) is 3.07. The van der Waals surface area contributed by atoms with E-state index < -0.39 is 0 Å². The van der Waals surface area contributed by atoms with E-state index in [1.54, 1.807) is 0 Å². The van der Waals surface area contributed by atoms with Crippen molar-refractivity contribution < 1.29 is 9.47 Å². The lowest BCUT2D eigenvalue weighted by Crippen LogP contribution is -2.30. The van der Waals surface area contributed by atoms with E-state index in [1.165, 1.54) is 43.4 Å². The highest BCUT2D eigenvalue weighted by Gasteiger charge is 2.28. The summed E-state index contributed by atoms with van der Waals surface area (Å²) in [7, 11) is 0. The Kier molecular flexibility index (Phi) is 3.62. The van der Waals surface area contributed by atoms with Crippen LogP contribution in [0.2, 0.25) is 0 Å². The molecule has 1 aromatic carbocycles. The van der Waals surface area contributed by atoms with Crippen molar-refractivity contribution in [2.75, 3.05) is 26.3 Å². The first kappa shape index (κ1) is 14.6. The Morgan fingerprint density at radius 1 is 1.04 bits per heavy atom. The van der Waals surface area contributed by atoms with E-state index >= 15 is 0 Å². The van der Waals surface area contributed by atoms with Crippen LogP contribution in [-0.4, -0.2) is 35.9 Å². The second-order valence-corrected chi connectivity index (χ2v) is 7.39. The molecule has 1 saturated carbocycles. The maximum absolute atomic E-state index is 5.81. The van der Waals surface area contributed by atoms with E-state index in [0.29, 0.717) is 19.1 Å². The Bertz CT molecular complexity index is 745. The molecule has 0 radical (unpaired) electrons. The fraction of sp³-hybridized carbons (Fsp3) is 0.632. The average Bonchev–Trinajstić information content (AvgIpc) is 2.89. The molecule has 0 bridgehead atoms. The van der Waals surface area contributed by atoms with E-state index in [1.807, 2.05) is 0 Å². The topological polar surface area (TPSA) is 48.3 Å². The Morgan fingerprint density at radius 3 is 2.50 bits per heavy atom. The highest BCUT2D eigenvalue weighted by molar-refractivity contribution is 5.81. The molecule has 2 fully saturated rings. The molecule has 1 aliphatic carbocycles. The largest absolute Gasteiger partial charge is 0.486 e. The summed E-state index contributed by atoms with van der Waals surface area (Å²) in [6.45, 7) is 4.63. The molecule has 2 aliphatic heterocycles. The van der Waals surface area contributed by atoms with E-state index in [-0.39, 0.29) is 0 Å². The van der Waals surface area contributed by atoms with Gasteiger partial charge >= 0.3 is 0 Å². The molecule has 5 heteroatoms. The number of aromatic nitrogens is 2. The molecule has 0 atom stereocenters. The maximum atomic E-state index is 5.81. The van der Waals surface area contributed by atoms with Gasteiger partial charge in [0, 0.05) is 24.6 Å². The van der Waals surface area contributed by atoms with Crippen molar-refractivity contribution >= 4 is 11.0 Å². The van der Waals surface area contributed by atoms with Crippen LogP contribution in [0.15, 0.2) is 12.1 Å². The molecule has 3 heterocycles. The van der Waals surface area contributed by atoms with Gasteiger partial charge in [0.05, 0.1) is 11.0 Å². The smallest absolute Gasteiger partial charge is 0.163 e. The molecule has 128 valence electrons. The summed E-state index contributed by atoms with van der Waals surface area (Å²) in [4.78, 5) is 5.02. The summed E-state index contributed by atoms with van der Waals surface area (Å²) in [6.07, 6.45) is 6.41. The predicted molar refractivity (Wildman–Crippen MR) is 92.9 cm³/mol. The summed E-state index contributed by atoms with van der Waals surface area (Å²) in [5.41, 5.74) is 2.29. The fourth-order valence-corrected chi connectivity index (χ4v) is 4.17.